The summed E-state index contributed by atoms with van der Waals surface area (Å²) in [4.78, 5) is 11.0. The second-order valence-electron chi connectivity index (χ2n) is 8.39. The number of nitrogens with zero attached hydrogens (tertiary/aromatic N) is 1. The van der Waals surface area contributed by atoms with Crippen LogP contribution in [0.3, 0.4) is 0 Å². The van der Waals surface area contributed by atoms with Gasteiger partial charge in [0, 0.05) is 12.3 Å². The molecular formula is C25H47NO. The van der Waals surface area contributed by atoms with E-state index in [1.165, 1.54) is 109 Å². The van der Waals surface area contributed by atoms with Gasteiger partial charge < -0.3 is 4.79 Å². The van der Waals surface area contributed by atoms with Crippen molar-refractivity contribution in [3.05, 3.63) is 0 Å². The second-order valence-corrected chi connectivity index (χ2v) is 8.39. The summed E-state index contributed by atoms with van der Waals surface area (Å²) in [7, 11) is 0. The Balaban J connectivity index is 3.16. The topological polar surface area (TPSA) is 40.9 Å². The van der Waals surface area contributed by atoms with Gasteiger partial charge in [-0.05, 0) is 19.3 Å². The van der Waals surface area contributed by atoms with Crippen LogP contribution < -0.4 is 0 Å². The van der Waals surface area contributed by atoms with E-state index >= 15 is 0 Å². The van der Waals surface area contributed by atoms with E-state index in [-0.39, 0.29) is 5.92 Å². The van der Waals surface area contributed by atoms with Crippen LogP contribution in [0, 0.1) is 17.2 Å². The Labute approximate surface area is 170 Å². The molecule has 1 atom stereocenters. The van der Waals surface area contributed by atoms with Crippen molar-refractivity contribution < 1.29 is 4.79 Å². The quantitative estimate of drug-likeness (QED) is 0.140. The van der Waals surface area contributed by atoms with E-state index < -0.39 is 0 Å². The third kappa shape index (κ3) is 21.3. The van der Waals surface area contributed by atoms with E-state index in [1.54, 1.807) is 0 Å². The normalized spacial score (nSPS) is 12.0. The van der Waals surface area contributed by atoms with Gasteiger partial charge in [-0.1, -0.05) is 116 Å². The molecule has 0 spiro atoms. The average Bonchev–Trinajstić information content (AvgIpc) is 2.69. The molecule has 0 N–H and O–H groups in total. The molecule has 0 saturated heterocycles. The van der Waals surface area contributed by atoms with Crippen LogP contribution in [0.2, 0.25) is 0 Å². The molecule has 0 fully saturated rings. The van der Waals surface area contributed by atoms with E-state index in [2.05, 4.69) is 13.0 Å². The zero-order chi connectivity index (χ0) is 19.8. The summed E-state index contributed by atoms with van der Waals surface area (Å²) in [6.07, 6.45) is 28.1. The van der Waals surface area contributed by atoms with Gasteiger partial charge in [-0.2, -0.15) is 5.26 Å². The highest BCUT2D eigenvalue weighted by Crippen LogP contribution is 2.17. The monoisotopic (exact) mass is 377 g/mol. The minimum Gasteiger partial charge on any atom is -0.303 e. The fraction of sp³-hybridized carbons (Fsp3) is 0.920. The molecule has 2 heteroatoms. The first-order chi connectivity index (χ1) is 13.3. The molecule has 1 unspecified atom stereocenters. The number of aldehydes is 1. The summed E-state index contributed by atoms with van der Waals surface area (Å²) < 4.78 is 0. The number of hydrogen-bond donors (Lipinski definition) is 0. The van der Waals surface area contributed by atoms with Crippen LogP contribution in [0.5, 0.6) is 0 Å². The third-order valence-electron chi connectivity index (χ3n) is 5.73. The molecule has 0 aromatic carbocycles. The highest BCUT2D eigenvalue weighted by atomic mass is 16.1. The van der Waals surface area contributed by atoms with Crippen molar-refractivity contribution in [3.63, 3.8) is 0 Å². The first-order valence-corrected chi connectivity index (χ1v) is 12.2. The van der Waals surface area contributed by atoms with Gasteiger partial charge in [-0.15, -0.1) is 0 Å². The fourth-order valence-electron chi connectivity index (χ4n) is 3.86. The number of carbonyl (C=O) groups is 1. The van der Waals surface area contributed by atoms with E-state index in [4.69, 9.17) is 5.26 Å². The average molecular weight is 378 g/mol. The van der Waals surface area contributed by atoms with Crippen LogP contribution in [0.4, 0.5) is 0 Å². The molecule has 0 aliphatic heterocycles. The zero-order valence-electron chi connectivity index (χ0n) is 18.4. The Morgan fingerprint density at radius 2 is 1.00 bits per heavy atom. The third-order valence-corrected chi connectivity index (χ3v) is 5.73. The van der Waals surface area contributed by atoms with Crippen LogP contribution in [0.25, 0.3) is 0 Å². The van der Waals surface area contributed by atoms with Crippen molar-refractivity contribution in [2.24, 2.45) is 5.92 Å². The summed E-state index contributed by atoms with van der Waals surface area (Å²) in [5.74, 6) is 0.190. The van der Waals surface area contributed by atoms with Gasteiger partial charge in [0.05, 0.1) is 6.07 Å². The van der Waals surface area contributed by atoms with Crippen molar-refractivity contribution in [2.45, 2.75) is 142 Å². The lowest BCUT2D eigenvalue weighted by atomic mass is 9.96. The van der Waals surface area contributed by atoms with E-state index in [1.807, 2.05) is 0 Å². The molecule has 27 heavy (non-hydrogen) atoms. The van der Waals surface area contributed by atoms with Gasteiger partial charge in [0.2, 0.25) is 0 Å². The van der Waals surface area contributed by atoms with Gasteiger partial charge in [0.25, 0.3) is 0 Å². The number of nitriles is 1. The first kappa shape index (κ1) is 26.2. The predicted molar refractivity (Wildman–Crippen MR) is 118 cm³/mol. The van der Waals surface area contributed by atoms with Crippen molar-refractivity contribution >= 4 is 6.29 Å². The summed E-state index contributed by atoms with van der Waals surface area (Å²) in [5, 5.41) is 8.55. The van der Waals surface area contributed by atoms with Crippen molar-refractivity contribution in [3.8, 4) is 6.07 Å². The van der Waals surface area contributed by atoms with Gasteiger partial charge in [0.15, 0.2) is 0 Å². The molecule has 2 nitrogen and oxygen atoms in total. The van der Waals surface area contributed by atoms with E-state index in [9.17, 15) is 4.79 Å². The second kappa shape index (κ2) is 23.2. The molecule has 0 radical (unpaired) electrons. The SMILES string of the molecule is CCCCCCCCCCCCCCCCCCCC(C=O)CCCC#N. The minimum absolute atomic E-state index is 0.190. The zero-order valence-corrected chi connectivity index (χ0v) is 18.4. The number of unbranched alkanes of at least 4 members (excludes halogenated alkanes) is 17. The Bertz CT molecular complexity index is 334. The van der Waals surface area contributed by atoms with Crippen LogP contribution in [-0.4, -0.2) is 6.29 Å². The van der Waals surface area contributed by atoms with E-state index in [0.29, 0.717) is 6.42 Å². The molecule has 0 aromatic heterocycles. The maximum absolute atomic E-state index is 11.0. The standard InChI is InChI=1S/C25H47NO/c1-2-3-4-5-6-7-8-9-10-11-12-13-14-15-16-17-18-21-25(24-27)22-19-20-23-26/h24-25H,2-22H2,1H3. The lowest BCUT2D eigenvalue weighted by Crippen LogP contribution is -2.01. The lowest BCUT2D eigenvalue weighted by molar-refractivity contribution is -0.111. The van der Waals surface area contributed by atoms with Crippen LogP contribution >= 0.6 is 0 Å². The summed E-state index contributed by atoms with van der Waals surface area (Å²) in [6, 6.07) is 2.16. The van der Waals surface area contributed by atoms with Crippen molar-refractivity contribution in [1.82, 2.24) is 0 Å². The molecule has 0 saturated carbocycles. The highest BCUT2D eigenvalue weighted by Gasteiger charge is 2.06. The van der Waals surface area contributed by atoms with Gasteiger partial charge in [-0.25, -0.2) is 0 Å². The Kier molecular flexibility index (Phi) is 22.5. The Hall–Kier alpha value is -0.840. The van der Waals surface area contributed by atoms with Gasteiger partial charge >= 0.3 is 0 Å². The van der Waals surface area contributed by atoms with Gasteiger partial charge in [-0.3, -0.25) is 0 Å². The molecule has 0 rings (SSSR count). The molecule has 0 aromatic rings. The van der Waals surface area contributed by atoms with Crippen molar-refractivity contribution in [2.75, 3.05) is 0 Å². The maximum Gasteiger partial charge on any atom is 0.123 e. The minimum atomic E-state index is 0.190. The lowest BCUT2D eigenvalue weighted by Gasteiger charge is -2.08. The maximum atomic E-state index is 11.0. The van der Waals surface area contributed by atoms with Crippen LogP contribution in [0.15, 0.2) is 0 Å². The Morgan fingerprint density at radius 1 is 0.630 bits per heavy atom. The van der Waals surface area contributed by atoms with Crippen molar-refractivity contribution in [1.29, 1.82) is 5.26 Å². The van der Waals surface area contributed by atoms with Gasteiger partial charge in [0.1, 0.15) is 6.29 Å². The summed E-state index contributed by atoms with van der Waals surface area (Å²) in [5.41, 5.74) is 0. The number of carbonyl (C=O) groups excluding carboxylic acids is 1. The smallest absolute Gasteiger partial charge is 0.123 e. The Morgan fingerprint density at radius 3 is 1.37 bits per heavy atom. The molecule has 158 valence electrons. The molecule has 0 bridgehead atoms. The van der Waals surface area contributed by atoms with E-state index in [0.717, 1.165) is 25.5 Å². The fourth-order valence-corrected chi connectivity index (χ4v) is 3.86. The highest BCUT2D eigenvalue weighted by molar-refractivity contribution is 5.53. The van der Waals surface area contributed by atoms with Crippen LogP contribution in [0.1, 0.15) is 142 Å². The molecule has 0 heterocycles. The molecule has 0 aliphatic rings. The summed E-state index contributed by atoms with van der Waals surface area (Å²) in [6.45, 7) is 2.28. The first-order valence-electron chi connectivity index (χ1n) is 12.2. The molecular weight excluding hydrogens is 330 g/mol. The molecule has 0 aliphatic carbocycles. The number of hydrogen-bond acceptors (Lipinski definition) is 2. The predicted octanol–water partition coefficient (Wildman–Crippen LogP) is 8.54. The molecule has 0 amide bonds. The van der Waals surface area contributed by atoms with Crippen LogP contribution in [-0.2, 0) is 4.79 Å². The largest absolute Gasteiger partial charge is 0.303 e. The summed E-state index contributed by atoms with van der Waals surface area (Å²) >= 11 is 0. The number of rotatable bonds is 22.